The summed E-state index contributed by atoms with van der Waals surface area (Å²) < 4.78 is 0. The molecule has 1 aliphatic carbocycles. The first-order chi connectivity index (χ1) is 9.25. The number of carbonyl (C=O) groups is 1. The third kappa shape index (κ3) is 2.63. The molecule has 0 radical (unpaired) electrons. The number of carbonyl (C=O) groups excluding carboxylic acids is 1. The van der Waals surface area contributed by atoms with Gasteiger partial charge in [0, 0.05) is 12.5 Å². The molecule has 100 valence electrons. The molecule has 5 nitrogen and oxygen atoms in total. The van der Waals surface area contributed by atoms with E-state index in [1.807, 2.05) is 5.38 Å². The van der Waals surface area contributed by atoms with Crippen LogP contribution < -0.4 is 11.1 Å². The second-order valence-corrected chi connectivity index (χ2v) is 5.59. The maximum atomic E-state index is 12.0. The van der Waals surface area contributed by atoms with Gasteiger partial charge in [-0.1, -0.05) is 0 Å². The molecule has 2 aromatic heterocycles. The van der Waals surface area contributed by atoms with Gasteiger partial charge < -0.3 is 11.1 Å². The summed E-state index contributed by atoms with van der Waals surface area (Å²) in [6.07, 6.45) is 3.09. The lowest BCUT2D eigenvalue weighted by molar-refractivity contribution is 0.0950. The Kier molecular flexibility index (Phi) is 3.25. The molecule has 3 rings (SSSR count). The maximum Gasteiger partial charge on any atom is 0.273 e. The number of nitrogens with two attached hydrogens (primary N) is 1. The molecule has 0 aromatic carbocycles. The van der Waals surface area contributed by atoms with Crippen molar-refractivity contribution in [3.05, 3.63) is 33.8 Å². The molecule has 1 amide bonds. The van der Waals surface area contributed by atoms with Crippen LogP contribution in [0.25, 0.3) is 0 Å². The van der Waals surface area contributed by atoms with Gasteiger partial charge >= 0.3 is 0 Å². The van der Waals surface area contributed by atoms with Crippen LogP contribution in [0, 0.1) is 0 Å². The number of hydrogen-bond acceptors (Lipinski definition) is 4. The molecule has 4 N–H and O–H groups in total. The molecule has 0 atom stereocenters. The van der Waals surface area contributed by atoms with Crippen molar-refractivity contribution >= 4 is 22.9 Å². The summed E-state index contributed by atoms with van der Waals surface area (Å²) in [7, 11) is 0. The van der Waals surface area contributed by atoms with Crippen LogP contribution in [0.5, 0.6) is 0 Å². The highest BCUT2D eigenvalue weighted by atomic mass is 32.1. The number of amides is 1. The Balaban J connectivity index is 1.57. The van der Waals surface area contributed by atoms with Gasteiger partial charge in [-0.3, -0.25) is 9.89 Å². The van der Waals surface area contributed by atoms with Gasteiger partial charge in [0.05, 0.1) is 11.4 Å². The Morgan fingerprint density at radius 1 is 1.58 bits per heavy atom. The highest BCUT2D eigenvalue weighted by Gasteiger charge is 2.30. The van der Waals surface area contributed by atoms with Gasteiger partial charge in [0.1, 0.15) is 0 Å². The Morgan fingerprint density at radius 3 is 3.11 bits per heavy atom. The molecule has 0 bridgehead atoms. The number of rotatable bonds is 5. The molecule has 0 unspecified atom stereocenters. The van der Waals surface area contributed by atoms with E-state index in [9.17, 15) is 4.79 Å². The smallest absolute Gasteiger partial charge is 0.273 e. The number of aromatic amines is 1. The van der Waals surface area contributed by atoms with E-state index >= 15 is 0 Å². The summed E-state index contributed by atoms with van der Waals surface area (Å²) in [6, 6.07) is 2.06. The molecule has 0 aliphatic heterocycles. The first-order valence-electron chi connectivity index (χ1n) is 6.38. The zero-order valence-electron chi connectivity index (χ0n) is 10.5. The fraction of sp³-hybridized carbons (Fsp3) is 0.385. The molecule has 1 fully saturated rings. The second kappa shape index (κ2) is 5.05. The first-order valence-corrected chi connectivity index (χ1v) is 7.33. The zero-order valence-corrected chi connectivity index (χ0v) is 11.3. The highest BCUT2D eigenvalue weighted by Crippen LogP contribution is 2.42. The molecule has 2 aromatic rings. The number of anilines is 1. The van der Waals surface area contributed by atoms with E-state index in [-0.39, 0.29) is 5.91 Å². The fourth-order valence-corrected chi connectivity index (χ4v) is 2.76. The van der Waals surface area contributed by atoms with Crippen molar-refractivity contribution in [1.82, 2.24) is 15.5 Å². The monoisotopic (exact) mass is 276 g/mol. The summed E-state index contributed by atoms with van der Waals surface area (Å²) in [5.74, 6) is 0.274. The van der Waals surface area contributed by atoms with Crippen LogP contribution in [0.3, 0.4) is 0 Å². The lowest BCUT2D eigenvalue weighted by Crippen LogP contribution is -2.26. The Hall–Kier alpha value is -1.82. The topological polar surface area (TPSA) is 83.8 Å². The maximum absolute atomic E-state index is 12.0. The first kappa shape index (κ1) is 12.2. The average molecular weight is 276 g/mol. The Morgan fingerprint density at radius 2 is 2.42 bits per heavy atom. The van der Waals surface area contributed by atoms with Crippen molar-refractivity contribution in [1.29, 1.82) is 0 Å². The molecule has 1 saturated carbocycles. The van der Waals surface area contributed by atoms with Crippen LogP contribution in [0.4, 0.5) is 5.69 Å². The number of nitrogens with one attached hydrogen (secondary N) is 2. The summed E-state index contributed by atoms with van der Waals surface area (Å²) >= 11 is 1.66. The van der Waals surface area contributed by atoms with E-state index < -0.39 is 0 Å². The predicted molar refractivity (Wildman–Crippen MR) is 75.3 cm³/mol. The molecule has 1 aliphatic rings. The molecule has 6 heteroatoms. The standard InChI is InChI=1S/C13H16N4OS/c14-10-11(9-1-2-9)16-17-12(10)13(18)15-5-3-8-4-6-19-7-8/h4,6-7,9H,1-3,5,14H2,(H,15,18)(H,16,17). The van der Waals surface area contributed by atoms with Crippen molar-refractivity contribution < 1.29 is 4.79 Å². The van der Waals surface area contributed by atoms with E-state index in [0.29, 0.717) is 23.8 Å². The highest BCUT2D eigenvalue weighted by molar-refractivity contribution is 7.07. The van der Waals surface area contributed by atoms with Gasteiger partial charge in [0.2, 0.25) is 0 Å². The Labute approximate surface area is 115 Å². The molecular formula is C13H16N4OS. The lowest BCUT2D eigenvalue weighted by Gasteiger charge is -2.03. The largest absolute Gasteiger partial charge is 0.395 e. The third-order valence-corrected chi connectivity index (χ3v) is 4.05. The number of thiophene rings is 1. The normalized spacial score (nSPS) is 14.5. The van der Waals surface area contributed by atoms with Crippen LogP contribution in [-0.4, -0.2) is 22.6 Å². The molecular weight excluding hydrogens is 260 g/mol. The minimum Gasteiger partial charge on any atom is -0.395 e. The van der Waals surface area contributed by atoms with Crippen LogP contribution in [-0.2, 0) is 6.42 Å². The van der Waals surface area contributed by atoms with E-state index in [4.69, 9.17) is 5.73 Å². The quantitative estimate of drug-likeness (QED) is 0.780. The van der Waals surface area contributed by atoms with Gasteiger partial charge in [-0.05, 0) is 41.7 Å². The van der Waals surface area contributed by atoms with Crippen LogP contribution >= 0.6 is 11.3 Å². The van der Waals surface area contributed by atoms with Crippen molar-refractivity contribution in [3.8, 4) is 0 Å². The second-order valence-electron chi connectivity index (χ2n) is 4.81. The number of nitrogens with zero attached hydrogens (tertiary/aromatic N) is 1. The molecule has 0 spiro atoms. The van der Waals surface area contributed by atoms with E-state index in [1.165, 1.54) is 5.56 Å². The van der Waals surface area contributed by atoms with Crippen LogP contribution in [0.15, 0.2) is 16.8 Å². The zero-order chi connectivity index (χ0) is 13.2. The number of nitrogen functional groups attached to an aromatic ring is 1. The van der Waals surface area contributed by atoms with Crippen molar-refractivity contribution in [2.45, 2.75) is 25.2 Å². The Bertz CT molecular complexity index is 571. The summed E-state index contributed by atoms with van der Waals surface area (Å²) in [4.78, 5) is 12.0. The number of hydrogen-bond donors (Lipinski definition) is 3. The lowest BCUT2D eigenvalue weighted by atomic mass is 10.2. The van der Waals surface area contributed by atoms with E-state index in [0.717, 1.165) is 25.0 Å². The minimum absolute atomic E-state index is 0.198. The fourth-order valence-electron chi connectivity index (χ4n) is 2.06. The van der Waals surface area contributed by atoms with Crippen molar-refractivity contribution in [2.75, 3.05) is 12.3 Å². The van der Waals surface area contributed by atoms with Gasteiger partial charge in [-0.15, -0.1) is 0 Å². The molecule has 0 saturated heterocycles. The summed E-state index contributed by atoms with van der Waals surface area (Å²) in [5.41, 5.74) is 8.95. The van der Waals surface area contributed by atoms with Crippen molar-refractivity contribution in [2.24, 2.45) is 0 Å². The number of aromatic nitrogens is 2. The molecule has 2 heterocycles. The number of H-pyrrole nitrogens is 1. The minimum atomic E-state index is -0.198. The van der Waals surface area contributed by atoms with E-state index in [1.54, 1.807) is 11.3 Å². The van der Waals surface area contributed by atoms with Crippen LogP contribution in [0.2, 0.25) is 0 Å². The summed E-state index contributed by atoms with van der Waals surface area (Å²) in [6.45, 7) is 0.598. The SMILES string of the molecule is Nc1c(C(=O)NCCc2ccsc2)n[nH]c1C1CC1. The van der Waals surface area contributed by atoms with E-state index in [2.05, 4.69) is 27.0 Å². The van der Waals surface area contributed by atoms with Gasteiger partial charge in [0.15, 0.2) is 5.69 Å². The van der Waals surface area contributed by atoms with Gasteiger partial charge in [-0.2, -0.15) is 16.4 Å². The van der Waals surface area contributed by atoms with Crippen molar-refractivity contribution in [3.63, 3.8) is 0 Å². The summed E-state index contributed by atoms with van der Waals surface area (Å²) in [5, 5.41) is 13.9. The predicted octanol–water partition coefficient (Wildman–Crippen LogP) is 1.90. The van der Waals surface area contributed by atoms with Gasteiger partial charge in [0.25, 0.3) is 5.91 Å². The average Bonchev–Trinajstić information content (AvgIpc) is 2.96. The van der Waals surface area contributed by atoms with Gasteiger partial charge in [-0.25, -0.2) is 0 Å². The van der Waals surface area contributed by atoms with Crippen LogP contribution in [0.1, 0.15) is 40.5 Å². The molecule has 19 heavy (non-hydrogen) atoms. The third-order valence-electron chi connectivity index (χ3n) is 3.31.